The average molecular weight is 361 g/mol. The zero-order valence-corrected chi connectivity index (χ0v) is 15.3. The third kappa shape index (κ3) is 4.88. The number of furan rings is 1. The summed E-state index contributed by atoms with van der Waals surface area (Å²) in [4.78, 5) is 12.4. The van der Waals surface area contributed by atoms with Crippen LogP contribution in [-0.2, 0) is 11.5 Å². The van der Waals surface area contributed by atoms with Gasteiger partial charge in [0.25, 0.3) is 5.91 Å². The maximum absolute atomic E-state index is 13.6. The van der Waals surface area contributed by atoms with Gasteiger partial charge in [-0.05, 0) is 42.5 Å². The van der Waals surface area contributed by atoms with Crippen LogP contribution in [0.25, 0.3) is 0 Å². The second kappa shape index (κ2) is 8.56. The predicted octanol–water partition coefficient (Wildman–Crippen LogP) is 5.16. The lowest BCUT2D eigenvalue weighted by Crippen LogP contribution is -2.40. The van der Waals surface area contributed by atoms with Crippen LogP contribution >= 0.6 is 11.8 Å². The summed E-state index contributed by atoms with van der Waals surface area (Å²) in [6.45, 7) is 2.19. The van der Waals surface area contributed by atoms with Crippen molar-refractivity contribution >= 4 is 17.7 Å². The molecule has 1 heterocycles. The smallest absolute Gasteiger partial charge is 0.287 e. The van der Waals surface area contributed by atoms with E-state index in [1.807, 2.05) is 12.1 Å². The summed E-state index contributed by atoms with van der Waals surface area (Å²) in [7, 11) is 0. The van der Waals surface area contributed by atoms with E-state index in [1.54, 1.807) is 30.0 Å². The van der Waals surface area contributed by atoms with Crippen LogP contribution in [0.2, 0.25) is 0 Å². The third-order valence-electron chi connectivity index (χ3n) is 4.77. The fraction of sp³-hybridized carbons (Fsp3) is 0.450. The molecule has 2 unspecified atom stereocenters. The lowest BCUT2D eigenvalue weighted by atomic mass is 9.86. The quantitative estimate of drug-likeness (QED) is 0.773. The van der Waals surface area contributed by atoms with E-state index in [4.69, 9.17) is 4.42 Å². The molecule has 134 valence electrons. The fourth-order valence-corrected chi connectivity index (χ4v) is 4.14. The van der Waals surface area contributed by atoms with Crippen molar-refractivity contribution in [3.8, 4) is 0 Å². The Morgan fingerprint density at radius 1 is 1.20 bits per heavy atom. The number of hydrogen-bond acceptors (Lipinski definition) is 3. The second-order valence-corrected chi connectivity index (χ2v) is 7.68. The van der Waals surface area contributed by atoms with Crippen molar-refractivity contribution in [3.05, 3.63) is 59.3 Å². The van der Waals surface area contributed by atoms with Crippen molar-refractivity contribution in [2.45, 2.75) is 50.2 Å². The number of carbonyl (C=O) groups excluding carboxylic acids is 1. The highest BCUT2D eigenvalue weighted by atomic mass is 32.2. The minimum atomic E-state index is -0.184. The van der Waals surface area contributed by atoms with E-state index < -0.39 is 0 Å². The van der Waals surface area contributed by atoms with E-state index in [0.717, 1.165) is 12.2 Å². The number of rotatable bonds is 6. The first-order chi connectivity index (χ1) is 12.1. The van der Waals surface area contributed by atoms with Crippen molar-refractivity contribution < 1.29 is 13.6 Å². The Morgan fingerprint density at radius 3 is 2.80 bits per heavy atom. The molecule has 3 nitrogen and oxygen atoms in total. The maximum Gasteiger partial charge on any atom is 0.287 e. The number of hydrogen-bond donors (Lipinski definition) is 1. The van der Waals surface area contributed by atoms with Crippen LogP contribution in [0.15, 0.2) is 40.8 Å². The number of halogens is 1. The molecular formula is C20H24FNO2S. The van der Waals surface area contributed by atoms with Gasteiger partial charge in [-0.25, -0.2) is 4.39 Å². The highest BCUT2D eigenvalue weighted by Gasteiger charge is 2.24. The summed E-state index contributed by atoms with van der Waals surface area (Å²) in [5.74, 6) is 2.49. The van der Waals surface area contributed by atoms with E-state index in [0.29, 0.717) is 28.7 Å². The first kappa shape index (κ1) is 18.1. The normalized spacial score (nSPS) is 20.4. The van der Waals surface area contributed by atoms with Gasteiger partial charge in [-0.2, -0.15) is 0 Å². The fourth-order valence-electron chi connectivity index (χ4n) is 3.22. The number of nitrogens with one attached hydrogen (secondary N) is 1. The highest BCUT2D eigenvalue weighted by Crippen LogP contribution is 2.25. The second-order valence-electron chi connectivity index (χ2n) is 6.69. The molecule has 0 bridgehead atoms. The lowest BCUT2D eigenvalue weighted by Gasteiger charge is -2.29. The van der Waals surface area contributed by atoms with Gasteiger partial charge >= 0.3 is 0 Å². The molecule has 1 aliphatic rings. The molecule has 0 aliphatic heterocycles. The third-order valence-corrected chi connectivity index (χ3v) is 5.78. The summed E-state index contributed by atoms with van der Waals surface area (Å²) in [5, 5.41) is 3.10. The molecule has 3 rings (SSSR count). The van der Waals surface area contributed by atoms with E-state index in [1.165, 1.54) is 25.3 Å². The highest BCUT2D eigenvalue weighted by molar-refractivity contribution is 7.97. The van der Waals surface area contributed by atoms with E-state index in [2.05, 4.69) is 12.2 Å². The molecule has 25 heavy (non-hydrogen) atoms. The Bertz CT molecular complexity index is 715. The predicted molar refractivity (Wildman–Crippen MR) is 99.0 cm³/mol. The molecule has 2 atom stereocenters. The molecule has 1 fully saturated rings. The summed E-state index contributed by atoms with van der Waals surface area (Å²) in [6.07, 6.45) is 4.63. The molecule has 1 aliphatic carbocycles. The minimum absolute atomic E-state index is 0.135. The van der Waals surface area contributed by atoms with Crippen LogP contribution in [0, 0.1) is 11.7 Å². The average Bonchev–Trinajstić information content (AvgIpc) is 3.08. The van der Waals surface area contributed by atoms with Crippen molar-refractivity contribution in [1.82, 2.24) is 5.32 Å². The zero-order chi connectivity index (χ0) is 17.6. The molecule has 2 aromatic rings. The first-order valence-electron chi connectivity index (χ1n) is 8.84. The van der Waals surface area contributed by atoms with Crippen LogP contribution in [-0.4, -0.2) is 11.9 Å². The van der Waals surface area contributed by atoms with Gasteiger partial charge in [-0.1, -0.05) is 38.0 Å². The summed E-state index contributed by atoms with van der Waals surface area (Å²) in [5.41, 5.74) is 0.684. The molecule has 0 saturated heterocycles. The van der Waals surface area contributed by atoms with E-state index in [9.17, 15) is 9.18 Å². The summed E-state index contributed by atoms with van der Waals surface area (Å²) in [6, 6.07) is 10.6. The van der Waals surface area contributed by atoms with Gasteiger partial charge in [0.05, 0.1) is 5.75 Å². The lowest BCUT2D eigenvalue weighted by molar-refractivity contribution is 0.0880. The first-order valence-corrected chi connectivity index (χ1v) is 9.99. The number of thioether (sulfide) groups is 1. The SMILES string of the molecule is CC1CCCCC1NC(=O)c1ccc(CSCc2ccccc2F)o1. The van der Waals surface area contributed by atoms with Gasteiger partial charge in [0.1, 0.15) is 11.6 Å². The van der Waals surface area contributed by atoms with Gasteiger partial charge in [0.15, 0.2) is 5.76 Å². The number of benzene rings is 1. The van der Waals surface area contributed by atoms with Gasteiger partial charge in [0.2, 0.25) is 0 Å². The molecule has 1 saturated carbocycles. The van der Waals surface area contributed by atoms with Crippen LogP contribution in [0.4, 0.5) is 4.39 Å². The van der Waals surface area contributed by atoms with Crippen molar-refractivity contribution in [3.63, 3.8) is 0 Å². The Balaban J connectivity index is 1.50. The molecule has 1 aromatic heterocycles. The molecule has 1 aromatic carbocycles. The number of amides is 1. The van der Waals surface area contributed by atoms with Crippen LogP contribution in [0.5, 0.6) is 0 Å². The van der Waals surface area contributed by atoms with Gasteiger partial charge < -0.3 is 9.73 Å². The molecule has 0 radical (unpaired) electrons. The number of carbonyl (C=O) groups is 1. The largest absolute Gasteiger partial charge is 0.455 e. The Morgan fingerprint density at radius 2 is 2.00 bits per heavy atom. The van der Waals surface area contributed by atoms with Gasteiger partial charge in [-0.15, -0.1) is 11.8 Å². The molecule has 1 N–H and O–H groups in total. The molecule has 5 heteroatoms. The van der Waals surface area contributed by atoms with Gasteiger partial charge in [0, 0.05) is 11.8 Å². The van der Waals surface area contributed by atoms with Crippen molar-refractivity contribution in [2.75, 3.05) is 0 Å². The van der Waals surface area contributed by atoms with Crippen LogP contribution < -0.4 is 5.32 Å². The Hall–Kier alpha value is -1.75. The minimum Gasteiger partial charge on any atom is -0.455 e. The Labute approximate surface area is 152 Å². The Kier molecular flexibility index (Phi) is 6.19. The standard InChI is InChI=1S/C20H24FNO2S/c1-14-6-2-5-9-18(14)22-20(23)19-11-10-16(24-19)13-25-12-15-7-3-4-8-17(15)21/h3-4,7-8,10-11,14,18H,2,5-6,9,12-13H2,1H3,(H,22,23). The molecule has 1 amide bonds. The maximum atomic E-state index is 13.6. The topological polar surface area (TPSA) is 42.2 Å². The zero-order valence-electron chi connectivity index (χ0n) is 14.5. The van der Waals surface area contributed by atoms with Crippen molar-refractivity contribution in [1.29, 1.82) is 0 Å². The van der Waals surface area contributed by atoms with E-state index >= 15 is 0 Å². The van der Waals surface area contributed by atoms with Gasteiger partial charge in [-0.3, -0.25) is 4.79 Å². The summed E-state index contributed by atoms with van der Waals surface area (Å²) >= 11 is 1.57. The molecular weight excluding hydrogens is 337 g/mol. The summed E-state index contributed by atoms with van der Waals surface area (Å²) < 4.78 is 19.3. The van der Waals surface area contributed by atoms with Crippen LogP contribution in [0.1, 0.15) is 54.5 Å². The van der Waals surface area contributed by atoms with Crippen molar-refractivity contribution in [2.24, 2.45) is 5.92 Å². The van der Waals surface area contributed by atoms with Crippen LogP contribution in [0.3, 0.4) is 0 Å². The molecule has 0 spiro atoms. The van der Waals surface area contributed by atoms with E-state index in [-0.39, 0.29) is 17.8 Å². The monoisotopic (exact) mass is 361 g/mol.